The third kappa shape index (κ3) is 3.53. The van der Waals surface area contributed by atoms with Crippen LogP contribution in [0.25, 0.3) is 5.69 Å². The Hall–Kier alpha value is -2.37. The number of hydrogen-bond acceptors (Lipinski definition) is 2. The van der Waals surface area contributed by atoms with Gasteiger partial charge in [0.15, 0.2) is 5.11 Å². The minimum Gasteiger partial charge on any atom is -0.352 e. The molecule has 6 heteroatoms. The molecule has 1 fully saturated rings. The zero-order valence-electron chi connectivity index (χ0n) is 17.1. The molecule has 0 spiro atoms. The molecule has 0 saturated carbocycles. The van der Waals surface area contributed by atoms with Crippen LogP contribution in [-0.4, -0.2) is 25.6 Å². The zero-order chi connectivity index (χ0) is 20.7. The normalized spacial score (nSPS) is 19.1. The van der Waals surface area contributed by atoms with Crippen LogP contribution in [0.15, 0.2) is 54.7 Å². The minimum absolute atomic E-state index is 0.000545. The maximum absolute atomic E-state index is 6.26. The predicted molar refractivity (Wildman–Crippen MR) is 123 cm³/mol. The minimum atomic E-state index is -0.000545. The molecular weight excluding hydrogens is 400 g/mol. The number of nitrogens with one attached hydrogen (secondary N) is 1. The van der Waals surface area contributed by atoms with Crippen LogP contribution in [0.1, 0.15) is 48.6 Å². The lowest BCUT2D eigenvalue weighted by Crippen LogP contribution is -2.35. The first-order chi connectivity index (χ1) is 13.9. The second kappa shape index (κ2) is 7.81. The fourth-order valence-electron chi connectivity index (χ4n) is 4.35. The van der Waals surface area contributed by atoms with E-state index in [0.717, 1.165) is 21.5 Å². The van der Waals surface area contributed by atoms with Crippen molar-refractivity contribution in [3.63, 3.8) is 0 Å². The molecule has 2 aromatic heterocycles. The van der Waals surface area contributed by atoms with Gasteiger partial charge in [0.05, 0.1) is 17.8 Å². The molecule has 1 aliphatic rings. The van der Waals surface area contributed by atoms with Gasteiger partial charge in [-0.25, -0.2) is 0 Å². The summed E-state index contributed by atoms with van der Waals surface area (Å²) in [6, 6.07) is 16.6. The summed E-state index contributed by atoms with van der Waals surface area (Å²) in [6.45, 7) is 8.65. The van der Waals surface area contributed by atoms with Gasteiger partial charge in [0, 0.05) is 34.3 Å². The van der Waals surface area contributed by atoms with Crippen molar-refractivity contribution in [2.24, 2.45) is 0 Å². The van der Waals surface area contributed by atoms with Crippen molar-refractivity contribution in [1.29, 1.82) is 0 Å². The van der Waals surface area contributed by atoms with Gasteiger partial charge in [-0.15, -0.1) is 0 Å². The van der Waals surface area contributed by atoms with Crippen LogP contribution in [0.5, 0.6) is 0 Å². The van der Waals surface area contributed by atoms with Gasteiger partial charge in [0.2, 0.25) is 0 Å². The maximum Gasteiger partial charge on any atom is 0.170 e. The fourth-order valence-corrected chi connectivity index (χ4v) is 4.99. The molecule has 0 bridgehead atoms. The van der Waals surface area contributed by atoms with Gasteiger partial charge in [0.25, 0.3) is 0 Å². The Morgan fingerprint density at radius 2 is 1.90 bits per heavy atom. The van der Waals surface area contributed by atoms with Crippen LogP contribution in [0, 0.1) is 13.8 Å². The monoisotopic (exact) mass is 424 g/mol. The number of hydrogen-bond donors (Lipinski definition) is 1. The van der Waals surface area contributed by atoms with Gasteiger partial charge >= 0.3 is 0 Å². The number of halogens is 1. The summed E-state index contributed by atoms with van der Waals surface area (Å²) in [7, 11) is 0. The van der Waals surface area contributed by atoms with Gasteiger partial charge in [-0.1, -0.05) is 23.7 Å². The third-order valence-electron chi connectivity index (χ3n) is 5.55. The summed E-state index contributed by atoms with van der Waals surface area (Å²) in [5.41, 5.74) is 5.67. The summed E-state index contributed by atoms with van der Waals surface area (Å²) >= 11 is 12.0. The smallest absolute Gasteiger partial charge is 0.170 e. The number of benzene rings is 1. The van der Waals surface area contributed by atoms with E-state index in [1.807, 2.05) is 36.5 Å². The van der Waals surface area contributed by atoms with Gasteiger partial charge in [0.1, 0.15) is 0 Å². The van der Waals surface area contributed by atoms with Gasteiger partial charge < -0.3 is 14.8 Å². The quantitative estimate of drug-likeness (QED) is 0.558. The lowest BCUT2D eigenvalue weighted by Gasteiger charge is -2.31. The molecule has 0 unspecified atom stereocenters. The Labute approximate surface area is 182 Å². The van der Waals surface area contributed by atoms with Crippen molar-refractivity contribution in [2.45, 2.75) is 45.8 Å². The van der Waals surface area contributed by atoms with Crippen molar-refractivity contribution in [3.05, 3.63) is 82.4 Å². The molecule has 1 saturated heterocycles. The third-order valence-corrected chi connectivity index (χ3v) is 6.11. The first kappa shape index (κ1) is 19.9. The molecule has 0 radical (unpaired) electrons. The summed E-state index contributed by atoms with van der Waals surface area (Å²) < 4.78 is 2.26. The molecule has 1 aromatic carbocycles. The standard InChI is InChI=1S/C23H25ClN4S/c1-14(2)27-22(21(26-23(27)29)20-10-5-6-11-25-20)19-12-15(3)28(16(19)4)18-9-7-8-17(24)13-18/h5-14,21-22H,1-4H3,(H,26,29)/t21-,22+/m0/s1. The van der Waals surface area contributed by atoms with E-state index >= 15 is 0 Å². The van der Waals surface area contributed by atoms with Crippen LogP contribution in [0.4, 0.5) is 0 Å². The zero-order valence-corrected chi connectivity index (χ0v) is 18.6. The molecule has 4 nitrogen and oxygen atoms in total. The van der Waals surface area contributed by atoms with Crippen LogP contribution >= 0.6 is 23.8 Å². The number of rotatable bonds is 4. The molecule has 29 heavy (non-hydrogen) atoms. The van der Waals surface area contributed by atoms with Crippen molar-refractivity contribution >= 4 is 28.9 Å². The molecule has 0 aliphatic carbocycles. The predicted octanol–water partition coefficient (Wildman–Crippen LogP) is 5.52. The van der Waals surface area contributed by atoms with Crippen LogP contribution in [0.2, 0.25) is 5.02 Å². The Kier molecular flexibility index (Phi) is 5.36. The molecule has 4 rings (SSSR count). The Balaban J connectivity index is 1.86. The second-order valence-electron chi connectivity index (χ2n) is 7.77. The topological polar surface area (TPSA) is 33.1 Å². The summed E-state index contributed by atoms with van der Waals surface area (Å²) in [5.74, 6) is 0. The second-order valence-corrected chi connectivity index (χ2v) is 8.59. The first-order valence-electron chi connectivity index (χ1n) is 9.83. The van der Waals surface area contributed by atoms with E-state index in [9.17, 15) is 0 Å². The Bertz CT molecular complexity index is 1040. The fraction of sp³-hybridized carbons (Fsp3) is 0.304. The summed E-state index contributed by atoms with van der Waals surface area (Å²) in [4.78, 5) is 6.91. The number of aryl methyl sites for hydroxylation is 1. The van der Waals surface area contributed by atoms with Gasteiger partial charge in [-0.2, -0.15) is 0 Å². The van der Waals surface area contributed by atoms with E-state index in [1.165, 1.54) is 17.0 Å². The molecular formula is C23H25ClN4S. The molecule has 150 valence electrons. The molecule has 1 N–H and O–H groups in total. The van der Waals surface area contributed by atoms with Gasteiger partial charge in [-0.05, 0) is 81.9 Å². The van der Waals surface area contributed by atoms with Crippen LogP contribution < -0.4 is 5.32 Å². The molecule has 3 aromatic rings. The van der Waals surface area contributed by atoms with E-state index in [0.29, 0.717) is 0 Å². The highest BCUT2D eigenvalue weighted by Crippen LogP contribution is 2.42. The van der Waals surface area contributed by atoms with E-state index in [1.54, 1.807) is 0 Å². The first-order valence-corrected chi connectivity index (χ1v) is 10.6. The van der Waals surface area contributed by atoms with E-state index in [2.05, 4.69) is 65.7 Å². The van der Waals surface area contributed by atoms with E-state index in [4.69, 9.17) is 23.8 Å². The average Bonchev–Trinajstić information content (AvgIpc) is 3.18. The molecule has 1 aliphatic heterocycles. The Morgan fingerprint density at radius 1 is 1.10 bits per heavy atom. The lowest BCUT2D eigenvalue weighted by molar-refractivity contribution is 0.269. The van der Waals surface area contributed by atoms with Crippen molar-refractivity contribution in [1.82, 2.24) is 19.8 Å². The van der Waals surface area contributed by atoms with Crippen molar-refractivity contribution in [3.8, 4) is 5.69 Å². The van der Waals surface area contributed by atoms with Crippen molar-refractivity contribution in [2.75, 3.05) is 0 Å². The average molecular weight is 425 g/mol. The van der Waals surface area contributed by atoms with Gasteiger partial charge in [-0.3, -0.25) is 4.98 Å². The summed E-state index contributed by atoms with van der Waals surface area (Å²) in [6.07, 6.45) is 1.84. The Morgan fingerprint density at radius 3 is 2.55 bits per heavy atom. The number of pyridine rings is 1. The number of aromatic nitrogens is 2. The van der Waals surface area contributed by atoms with Crippen molar-refractivity contribution < 1.29 is 0 Å². The molecule has 0 amide bonds. The highest BCUT2D eigenvalue weighted by molar-refractivity contribution is 7.80. The SMILES string of the molecule is Cc1cc([C@@H]2[C@H](c3ccccn3)NC(=S)N2C(C)C)c(C)n1-c1cccc(Cl)c1. The van der Waals surface area contributed by atoms with Crippen LogP contribution in [0.3, 0.4) is 0 Å². The summed E-state index contributed by atoms with van der Waals surface area (Å²) in [5, 5.41) is 5.02. The molecule has 3 heterocycles. The number of nitrogens with zero attached hydrogens (tertiary/aromatic N) is 3. The maximum atomic E-state index is 6.26. The largest absolute Gasteiger partial charge is 0.352 e. The number of thiocarbonyl (C=S) groups is 1. The van der Waals surface area contributed by atoms with E-state index in [-0.39, 0.29) is 18.1 Å². The highest BCUT2D eigenvalue weighted by Gasteiger charge is 2.42. The van der Waals surface area contributed by atoms with E-state index < -0.39 is 0 Å². The van der Waals surface area contributed by atoms with Crippen LogP contribution in [-0.2, 0) is 0 Å². The molecule has 2 atom stereocenters. The lowest BCUT2D eigenvalue weighted by atomic mass is 9.96. The highest BCUT2D eigenvalue weighted by atomic mass is 35.5.